The number of rotatable bonds is 4. The van der Waals surface area contributed by atoms with Gasteiger partial charge in [-0.2, -0.15) is 0 Å². The number of aromatic nitrogens is 1. The number of Topliss-reactive ketones (excluding diaryl/α,β-unsaturated/α-hetero) is 1. The number of phenolic OH excluding ortho intramolecular Hbond substituents is 1. The van der Waals surface area contributed by atoms with Crippen LogP contribution in [0.2, 0.25) is 0 Å². The van der Waals surface area contributed by atoms with Gasteiger partial charge in [0.15, 0.2) is 5.78 Å². The number of hydrogen-bond donors (Lipinski definition) is 1. The number of carbonyl (C=O) groups is 1. The molecular weight excluding hydrogens is 340 g/mol. The minimum atomic E-state index is 0.0148. The number of hydrogen-bond acceptors (Lipinski definition) is 4. The molecule has 0 radical (unpaired) electrons. The molecule has 1 aliphatic rings. The van der Waals surface area contributed by atoms with Gasteiger partial charge in [0.25, 0.3) is 0 Å². The Morgan fingerprint density at radius 2 is 1.81 bits per heavy atom. The van der Waals surface area contributed by atoms with E-state index in [4.69, 9.17) is 4.74 Å². The highest BCUT2D eigenvalue weighted by Crippen LogP contribution is 2.36. The number of para-hydroxylation sites is 1. The van der Waals surface area contributed by atoms with Gasteiger partial charge in [0.1, 0.15) is 5.75 Å². The third-order valence-electron chi connectivity index (χ3n) is 5.31. The van der Waals surface area contributed by atoms with Crippen LogP contribution in [0.1, 0.15) is 28.5 Å². The Bertz CT molecular complexity index is 986. The van der Waals surface area contributed by atoms with Crippen LogP contribution in [0.15, 0.2) is 42.5 Å². The molecule has 140 valence electrons. The van der Waals surface area contributed by atoms with Crippen LogP contribution in [0.25, 0.3) is 16.6 Å². The maximum Gasteiger partial charge on any atom is 0.162 e. The summed E-state index contributed by atoms with van der Waals surface area (Å²) in [5.41, 5.74) is 4.36. The summed E-state index contributed by atoms with van der Waals surface area (Å²) in [6, 6.07) is 13.7. The second-order valence-corrected chi connectivity index (χ2v) is 7.03. The lowest BCUT2D eigenvalue weighted by atomic mass is 10.0. The molecule has 0 unspecified atom stereocenters. The van der Waals surface area contributed by atoms with Crippen molar-refractivity contribution in [3.8, 4) is 11.4 Å². The smallest absolute Gasteiger partial charge is 0.162 e. The number of ketones is 1. The fourth-order valence-electron chi connectivity index (χ4n) is 4.05. The number of phenols is 1. The molecule has 0 amide bonds. The van der Waals surface area contributed by atoms with Gasteiger partial charge in [-0.3, -0.25) is 9.69 Å². The molecule has 27 heavy (non-hydrogen) atoms. The molecule has 2 aromatic carbocycles. The summed E-state index contributed by atoms with van der Waals surface area (Å²) >= 11 is 0. The Hall–Kier alpha value is -2.63. The standard InChI is InChI=1S/C22H24N2O3/c1-15-21(16(2)25)22-18(14-23-10-12-27-13-11-23)20(26)9-8-19(22)24(15)17-6-4-3-5-7-17/h3-9,26H,10-14H2,1-2H3. The largest absolute Gasteiger partial charge is 0.508 e. The molecule has 1 fully saturated rings. The van der Waals surface area contributed by atoms with E-state index in [1.807, 2.05) is 43.3 Å². The zero-order valence-corrected chi connectivity index (χ0v) is 15.7. The predicted octanol–water partition coefficient (Wildman–Crippen LogP) is 3.68. The number of benzene rings is 2. The van der Waals surface area contributed by atoms with E-state index < -0.39 is 0 Å². The van der Waals surface area contributed by atoms with Crippen molar-refractivity contribution in [3.05, 3.63) is 59.3 Å². The third kappa shape index (κ3) is 3.13. The minimum absolute atomic E-state index is 0.0148. The zero-order chi connectivity index (χ0) is 19.0. The highest BCUT2D eigenvalue weighted by Gasteiger charge is 2.24. The number of carbonyl (C=O) groups excluding carboxylic acids is 1. The first-order valence-corrected chi connectivity index (χ1v) is 9.30. The number of fused-ring (bicyclic) bond motifs is 1. The van der Waals surface area contributed by atoms with Gasteiger partial charge in [0.2, 0.25) is 0 Å². The maximum atomic E-state index is 12.6. The Morgan fingerprint density at radius 1 is 1.11 bits per heavy atom. The topological polar surface area (TPSA) is 54.7 Å². The molecule has 1 aromatic heterocycles. The summed E-state index contributed by atoms with van der Waals surface area (Å²) < 4.78 is 7.54. The van der Waals surface area contributed by atoms with Crippen LogP contribution < -0.4 is 0 Å². The van der Waals surface area contributed by atoms with E-state index in [1.165, 1.54) is 0 Å². The van der Waals surface area contributed by atoms with Gasteiger partial charge in [-0.15, -0.1) is 0 Å². The quantitative estimate of drug-likeness (QED) is 0.718. The molecule has 2 heterocycles. The lowest BCUT2D eigenvalue weighted by Gasteiger charge is -2.27. The first-order valence-electron chi connectivity index (χ1n) is 9.30. The fourth-order valence-corrected chi connectivity index (χ4v) is 4.05. The second kappa shape index (κ2) is 7.18. The summed E-state index contributed by atoms with van der Waals surface area (Å²) in [6.07, 6.45) is 0. The predicted molar refractivity (Wildman–Crippen MR) is 106 cm³/mol. The number of aromatic hydroxyl groups is 1. The highest BCUT2D eigenvalue weighted by molar-refractivity contribution is 6.10. The molecule has 1 aliphatic heterocycles. The molecule has 5 nitrogen and oxygen atoms in total. The molecule has 4 rings (SSSR count). The average Bonchev–Trinajstić information content (AvgIpc) is 2.98. The normalized spacial score (nSPS) is 15.3. The first kappa shape index (κ1) is 17.8. The second-order valence-electron chi connectivity index (χ2n) is 7.03. The van der Waals surface area contributed by atoms with E-state index in [1.54, 1.807) is 13.0 Å². The van der Waals surface area contributed by atoms with Crippen molar-refractivity contribution in [2.24, 2.45) is 0 Å². The molecule has 3 aromatic rings. The number of ether oxygens (including phenoxy) is 1. The summed E-state index contributed by atoms with van der Waals surface area (Å²) in [5, 5.41) is 11.5. The van der Waals surface area contributed by atoms with Gasteiger partial charge in [-0.25, -0.2) is 0 Å². The first-order chi connectivity index (χ1) is 13.1. The van der Waals surface area contributed by atoms with Crippen molar-refractivity contribution >= 4 is 16.7 Å². The van der Waals surface area contributed by atoms with Crippen LogP contribution >= 0.6 is 0 Å². The third-order valence-corrected chi connectivity index (χ3v) is 5.31. The lowest BCUT2D eigenvalue weighted by Crippen LogP contribution is -2.35. The SMILES string of the molecule is CC(=O)c1c(C)n(-c2ccccc2)c2ccc(O)c(CN3CCOCC3)c12. The molecule has 0 spiro atoms. The van der Waals surface area contributed by atoms with Crippen LogP contribution in [0.4, 0.5) is 0 Å². The summed E-state index contributed by atoms with van der Waals surface area (Å²) in [6.45, 7) is 7.21. The van der Waals surface area contributed by atoms with Crippen molar-refractivity contribution < 1.29 is 14.6 Å². The zero-order valence-electron chi connectivity index (χ0n) is 15.7. The Labute approximate surface area is 158 Å². The van der Waals surface area contributed by atoms with Crippen LogP contribution in [0.5, 0.6) is 5.75 Å². The van der Waals surface area contributed by atoms with E-state index in [-0.39, 0.29) is 11.5 Å². The summed E-state index contributed by atoms with van der Waals surface area (Å²) in [5.74, 6) is 0.253. The molecule has 5 heteroatoms. The van der Waals surface area contributed by atoms with E-state index in [2.05, 4.69) is 9.47 Å². The van der Waals surface area contributed by atoms with Gasteiger partial charge in [0.05, 0.1) is 18.7 Å². The fraction of sp³-hybridized carbons (Fsp3) is 0.318. The molecule has 1 saturated heterocycles. The van der Waals surface area contributed by atoms with Gasteiger partial charge in [0, 0.05) is 47.5 Å². The number of morpholine rings is 1. The molecule has 0 saturated carbocycles. The van der Waals surface area contributed by atoms with Gasteiger partial charge in [-0.05, 0) is 38.1 Å². The van der Waals surface area contributed by atoms with Crippen molar-refractivity contribution in [2.75, 3.05) is 26.3 Å². The summed E-state index contributed by atoms with van der Waals surface area (Å²) in [4.78, 5) is 14.8. The molecule has 0 atom stereocenters. The lowest BCUT2D eigenvalue weighted by molar-refractivity contribution is 0.0340. The molecule has 0 aliphatic carbocycles. The highest BCUT2D eigenvalue weighted by atomic mass is 16.5. The monoisotopic (exact) mass is 364 g/mol. The van der Waals surface area contributed by atoms with E-state index >= 15 is 0 Å². The van der Waals surface area contributed by atoms with Crippen molar-refractivity contribution in [1.29, 1.82) is 0 Å². The van der Waals surface area contributed by atoms with Crippen LogP contribution in [-0.2, 0) is 11.3 Å². The van der Waals surface area contributed by atoms with Gasteiger partial charge < -0.3 is 14.4 Å². The average molecular weight is 364 g/mol. The number of nitrogens with zero attached hydrogens (tertiary/aromatic N) is 2. The maximum absolute atomic E-state index is 12.6. The van der Waals surface area contributed by atoms with E-state index in [0.717, 1.165) is 40.9 Å². The minimum Gasteiger partial charge on any atom is -0.508 e. The van der Waals surface area contributed by atoms with Crippen LogP contribution in [0.3, 0.4) is 0 Å². The Morgan fingerprint density at radius 3 is 2.48 bits per heavy atom. The Balaban J connectivity index is 1.96. The van der Waals surface area contributed by atoms with Crippen molar-refractivity contribution in [3.63, 3.8) is 0 Å². The van der Waals surface area contributed by atoms with Crippen molar-refractivity contribution in [1.82, 2.24) is 9.47 Å². The van der Waals surface area contributed by atoms with E-state index in [9.17, 15) is 9.90 Å². The molecule has 0 bridgehead atoms. The van der Waals surface area contributed by atoms with Crippen LogP contribution in [0, 0.1) is 6.92 Å². The molecule has 1 N–H and O–H groups in total. The van der Waals surface area contributed by atoms with Crippen molar-refractivity contribution in [2.45, 2.75) is 20.4 Å². The summed E-state index contributed by atoms with van der Waals surface area (Å²) in [7, 11) is 0. The Kier molecular flexibility index (Phi) is 4.72. The van der Waals surface area contributed by atoms with E-state index in [0.29, 0.717) is 25.3 Å². The molecular formula is C22H24N2O3. The van der Waals surface area contributed by atoms with Gasteiger partial charge >= 0.3 is 0 Å². The van der Waals surface area contributed by atoms with Crippen LogP contribution in [-0.4, -0.2) is 46.7 Å². The van der Waals surface area contributed by atoms with Gasteiger partial charge in [-0.1, -0.05) is 18.2 Å².